The molecule has 0 radical (unpaired) electrons. The van der Waals surface area contributed by atoms with E-state index in [1.807, 2.05) is 0 Å². The predicted octanol–water partition coefficient (Wildman–Crippen LogP) is 4.56. The number of allylic oxidation sites excluding steroid dienone is 1. The maximum absolute atomic E-state index is 10.3. The molecule has 1 saturated carbocycles. The van der Waals surface area contributed by atoms with Crippen LogP contribution in [0.5, 0.6) is 0 Å². The zero-order valence-electron chi connectivity index (χ0n) is 10.6. The van der Waals surface area contributed by atoms with Gasteiger partial charge < -0.3 is 5.11 Å². The topological polar surface area (TPSA) is 23.5 Å². The quantitative estimate of drug-likeness (QED) is 0.521. The van der Waals surface area contributed by atoms with Crippen LogP contribution in [0.4, 0.5) is 0 Å². The molecule has 3 atom stereocenters. The van der Waals surface area contributed by atoms with Crippen LogP contribution in [-0.4, -0.2) is 16.1 Å². The van der Waals surface area contributed by atoms with E-state index >= 15 is 0 Å². The highest BCUT2D eigenvalue weighted by atomic mass is 35.5. The van der Waals surface area contributed by atoms with Crippen LogP contribution >= 0.6 is 23.4 Å². The Morgan fingerprint density at radius 2 is 2.00 bits per heavy atom. The summed E-state index contributed by atoms with van der Waals surface area (Å²) >= 11 is 12.3. The van der Waals surface area contributed by atoms with Crippen molar-refractivity contribution in [2.75, 3.05) is 6.54 Å². The Labute approximate surface area is 118 Å². The third-order valence-corrected chi connectivity index (χ3v) is 5.43. The normalized spacial score (nSPS) is 36.6. The molecule has 0 aromatic carbocycles. The smallest absolute Gasteiger partial charge is 0.161 e. The van der Waals surface area contributed by atoms with E-state index in [2.05, 4.69) is 6.92 Å². The van der Waals surface area contributed by atoms with Gasteiger partial charge in [0.15, 0.2) is 10.9 Å². The summed E-state index contributed by atoms with van der Waals surface area (Å²) < 4.78 is 1.50. The molecule has 1 N–H and O–H groups in total. The minimum atomic E-state index is 0.225. The van der Waals surface area contributed by atoms with Crippen molar-refractivity contribution >= 4 is 23.4 Å². The van der Waals surface area contributed by atoms with Crippen molar-refractivity contribution in [3.8, 4) is 0 Å². The molecule has 0 saturated heterocycles. The molecule has 0 aromatic rings. The second-order valence-corrected chi connectivity index (χ2v) is 6.75. The van der Waals surface area contributed by atoms with E-state index in [1.165, 1.54) is 22.8 Å². The summed E-state index contributed by atoms with van der Waals surface area (Å²) in [4.78, 5) is 0. The molecule has 0 spiro atoms. The molecule has 0 bridgehead atoms. The summed E-state index contributed by atoms with van der Waals surface area (Å²) in [5, 5.41) is 10.6. The Morgan fingerprint density at radius 3 is 2.78 bits per heavy atom. The predicted molar refractivity (Wildman–Crippen MR) is 74.3 cm³/mol. The summed E-state index contributed by atoms with van der Waals surface area (Å²) in [6.07, 6.45) is 5.77. The number of hydrogen-bond donors (Lipinski definition) is 1. The molecular formula is C14H19Cl2NO. The van der Waals surface area contributed by atoms with Gasteiger partial charge in [0, 0.05) is 24.2 Å². The van der Waals surface area contributed by atoms with Crippen molar-refractivity contribution in [2.24, 2.45) is 17.8 Å². The van der Waals surface area contributed by atoms with Gasteiger partial charge in [-0.2, -0.15) is 0 Å². The van der Waals surface area contributed by atoms with E-state index in [1.54, 1.807) is 0 Å². The molecule has 1 aliphatic heterocycles. The third-order valence-electron chi connectivity index (χ3n) is 4.66. The van der Waals surface area contributed by atoms with Gasteiger partial charge in [0.25, 0.3) is 0 Å². The Kier molecular flexibility index (Phi) is 3.27. The van der Waals surface area contributed by atoms with E-state index in [0.717, 1.165) is 37.3 Å². The second kappa shape index (κ2) is 4.64. The van der Waals surface area contributed by atoms with Gasteiger partial charge in [0.05, 0.1) is 0 Å². The van der Waals surface area contributed by atoms with Crippen molar-refractivity contribution in [3.05, 3.63) is 22.1 Å². The lowest BCUT2D eigenvalue weighted by atomic mass is 9.66. The van der Waals surface area contributed by atoms with E-state index in [-0.39, 0.29) is 5.76 Å². The monoisotopic (exact) mass is 287 g/mol. The van der Waals surface area contributed by atoms with E-state index < -0.39 is 0 Å². The lowest BCUT2D eigenvalue weighted by molar-refractivity contribution is 0.246. The molecule has 18 heavy (non-hydrogen) atoms. The van der Waals surface area contributed by atoms with Gasteiger partial charge in [-0.05, 0) is 49.5 Å². The molecule has 1 fully saturated rings. The maximum atomic E-state index is 10.3. The van der Waals surface area contributed by atoms with Gasteiger partial charge >= 0.3 is 0 Å². The number of rotatable bonds is 0. The lowest BCUT2D eigenvalue weighted by Gasteiger charge is -2.40. The van der Waals surface area contributed by atoms with Crippen LogP contribution < -0.4 is 0 Å². The van der Waals surface area contributed by atoms with Crippen molar-refractivity contribution in [1.82, 2.24) is 4.42 Å². The number of halogens is 2. The van der Waals surface area contributed by atoms with E-state index in [9.17, 15) is 5.11 Å². The molecule has 100 valence electrons. The Hall–Kier alpha value is -0.340. The van der Waals surface area contributed by atoms with Crippen molar-refractivity contribution in [2.45, 2.75) is 39.0 Å². The van der Waals surface area contributed by atoms with Crippen LogP contribution in [0, 0.1) is 17.8 Å². The molecule has 2 aliphatic carbocycles. The van der Waals surface area contributed by atoms with Gasteiger partial charge in [-0.1, -0.05) is 24.1 Å². The summed E-state index contributed by atoms with van der Waals surface area (Å²) in [6.45, 7) is 3.05. The van der Waals surface area contributed by atoms with Crippen molar-refractivity contribution in [3.63, 3.8) is 0 Å². The highest BCUT2D eigenvalue weighted by Crippen LogP contribution is 2.49. The van der Waals surface area contributed by atoms with E-state index in [4.69, 9.17) is 23.4 Å². The number of hydrogen-bond acceptors (Lipinski definition) is 2. The van der Waals surface area contributed by atoms with Crippen LogP contribution in [0.2, 0.25) is 0 Å². The van der Waals surface area contributed by atoms with Crippen molar-refractivity contribution in [1.29, 1.82) is 0 Å². The van der Waals surface area contributed by atoms with Crippen LogP contribution in [-0.2, 0) is 0 Å². The van der Waals surface area contributed by atoms with Gasteiger partial charge in [-0.3, -0.25) is 4.42 Å². The average Bonchev–Trinajstić information content (AvgIpc) is 2.42. The van der Waals surface area contributed by atoms with Gasteiger partial charge in [-0.15, -0.1) is 0 Å². The number of nitrogens with zero attached hydrogens (tertiary/aromatic N) is 1. The fraction of sp³-hybridized carbons (Fsp3) is 0.714. The molecule has 3 aliphatic rings. The second-order valence-electron chi connectivity index (χ2n) is 5.98. The van der Waals surface area contributed by atoms with Crippen LogP contribution in [0.15, 0.2) is 22.1 Å². The highest BCUT2D eigenvalue weighted by molar-refractivity contribution is 6.33. The number of aliphatic hydroxyl groups is 1. The van der Waals surface area contributed by atoms with Gasteiger partial charge in [-0.25, -0.2) is 0 Å². The van der Waals surface area contributed by atoms with Crippen LogP contribution in [0.1, 0.15) is 39.0 Å². The van der Waals surface area contributed by atoms with Gasteiger partial charge in [0.2, 0.25) is 0 Å². The lowest BCUT2D eigenvalue weighted by Crippen LogP contribution is -2.31. The first-order valence-corrected chi connectivity index (χ1v) is 7.55. The first-order valence-electron chi connectivity index (χ1n) is 6.83. The minimum absolute atomic E-state index is 0.225. The van der Waals surface area contributed by atoms with Gasteiger partial charge in [0.1, 0.15) is 0 Å². The molecule has 0 aromatic heterocycles. The minimum Gasteiger partial charge on any atom is -0.505 e. The Morgan fingerprint density at radius 1 is 1.28 bits per heavy atom. The number of aliphatic hydroxyl groups excluding tert-OH is 1. The highest BCUT2D eigenvalue weighted by Gasteiger charge is 2.39. The summed E-state index contributed by atoms with van der Waals surface area (Å²) in [7, 11) is 0. The molecule has 3 rings (SSSR count). The molecule has 2 nitrogen and oxygen atoms in total. The largest absolute Gasteiger partial charge is 0.505 e. The summed E-state index contributed by atoms with van der Waals surface area (Å²) in [5.74, 6) is 2.07. The van der Waals surface area contributed by atoms with Crippen LogP contribution in [0.25, 0.3) is 0 Å². The average molecular weight is 288 g/mol. The molecule has 4 heteroatoms. The Balaban J connectivity index is 2.08. The fourth-order valence-corrected chi connectivity index (χ4v) is 4.46. The van der Waals surface area contributed by atoms with Crippen molar-refractivity contribution < 1.29 is 5.11 Å². The first kappa shape index (κ1) is 12.7. The Bertz CT molecular complexity index is 430. The molecular weight excluding hydrogens is 269 g/mol. The zero-order chi connectivity index (χ0) is 12.9. The molecule has 1 heterocycles. The summed E-state index contributed by atoms with van der Waals surface area (Å²) in [6, 6.07) is 0. The third kappa shape index (κ3) is 1.94. The zero-order valence-corrected chi connectivity index (χ0v) is 12.1. The van der Waals surface area contributed by atoms with E-state index in [0.29, 0.717) is 17.0 Å². The standard InChI is InChI=1S/C14H19Cl2NO/c1-8-5-9-3-2-4-11-12(9)10(6-8)7-17(16)14(15)13(11)18/h8-10,18H,2-7H2,1H3. The first-order chi connectivity index (χ1) is 8.58. The maximum Gasteiger partial charge on any atom is 0.161 e. The molecule has 0 amide bonds. The fourth-order valence-electron chi connectivity index (χ4n) is 4.03. The summed E-state index contributed by atoms with van der Waals surface area (Å²) in [5.41, 5.74) is 2.55. The van der Waals surface area contributed by atoms with Crippen LogP contribution in [0.3, 0.4) is 0 Å². The molecule has 3 unspecified atom stereocenters. The SMILES string of the molecule is CC1CC2CCCC3=C2C(C1)CN(Cl)C(Cl)=C3O.